The third-order valence-electron chi connectivity index (χ3n) is 3.30. The van der Waals surface area contributed by atoms with Gasteiger partial charge >= 0.3 is 0 Å². The van der Waals surface area contributed by atoms with Crippen molar-refractivity contribution < 1.29 is 13.6 Å². The van der Waals surface area contributed by atoms with Crippen LogP contribution in [0.5, 0.6) is 0 Å². The van der Waals surface area contributed by atoms with Gasteiger partial charge in [-0.05, 0) is 30.7 Å². The fourth-order valence-corrected chi connectivity index (χ4v) is 2.07. The Balaban J connectivity index is 2.05. The quantitative estimate of drug-likeness (QED) is 0.752. The van der Waals surface area contributed by atoms with Gasteiger partial charge in [-0.15, -0.1) is 0 Å². The van der Waals surface area contributed by atoms with E-state index in [-0.39, 0.29) is 5.69 Å². The Morgan fingerprint density at radius 2 is 1.91 bits per heavy atom. The first-order valence-electron chi connectivity index (χ1n) is 7.57. The van der Waals surface area contributed by atoms with Crippen molar-refractivity contribution in [3.8, 4) is 0 Å². The molecular weight excluding hydrogens is 300 g/mol. The lowest BCUT2D eigenvalue weighted by molar-refractivity contribution is 0.102. The molecule has 0 spiro atoms. The first kappa shape index (κ1) is 16.9. The lowest BCUT2D eigenvalue weighted by Crippen LogP contribution is -2.16. The van der Waals surface area contributed by atoms with Gasteiger partial charge in [-0.1, -0.05) is 25.8 Å². The summed E-state index contributed by atoms with van der Waals surface area (Å²) in [6.07, 6.45) is 4.76. The molecule has 0 saturated carbocycles. The van der Waals surface area contributed by atoms with E-state index in [0.29, 0.717) is 0 Å². The summed E-state index contributed by atoms with van der Waals surface area (Å²) in [4.78, 5) is 16.1. The van der Waals surface area contributed by atoms with E-state index in [0.717, 1.165) is 43.6 Å². The van der Waals surface area contributed by atoms with E-state index in [1.54, 1.807) is 12.1 Å². The number of rotatable bonds is 7. The number of unbranched alkanes of at least 4 members (excludes halogenated alkanes) is 2. The van der Waals surface area contributed by atoms with E-state index >= 15 is 0 Å². The lowest BCUT2D eigenvalue weighted by Gasteiger charge is -2.09. The predicted molar refractivity (Wildman–Crippen MR) is 86.6 cm³/mol. The predicted octanol–water partition coefficient (Wildman–Crippen LogP) is 4.21. The third-order valence-corrected chi connectivity index (χ3v) is 3.30. The van der Waals surface area contributed by atoms with Gasteiger partial charge < -0.3 is 10.6 Å². The van der Waals surface area contributed by atoms with Crippen molar-refractivity contribution in [2.45, 2.75) is 26.2 Å². The number of amides is 1. The number of para-hydroxylation sites is 1. The molecule has 1 amide bonds. The molecule has 122 valence electrons. The van der Waals surface area contributed by atoms with Crippen LogP contribution < -0.4 is 10.6 Å². The van der Waals surface area contributed by atoms with Crippen molar-refractivity contribution in [1.29, 1.82) is 0 Å². The first-order valence-corrected chi connectivity index (χ1v) is 7.57. The van der Waals surface area contributed by atoms with Gasteiger partial charge in [0, 0.05) is 18.4 Å². The highest BCUT2D eigenvalue weighted by Crippen LogP contribution is 2.19. The molecule has 0 unspecified atom stereocenters. The van der Waals surface area contributed by atoms with E-state index < -0.39 is 23.2 Å². The average Bonchev–Trinajstić information content (AvgIpc) is 2.55. The molecule has 0 fully saturated rings. The van der Waals surface area contributed by atoms with E-state index in [1.165, 1.54) is 12.3 Å². The van der Waals surface area contributed by atoms with Gasteiger partial charge in [-0.2, -0.15) is 0 Å². The smallest absolute Gasteiger partial charge is 0.274 e. The average molecular weight is 319 g/mol. The minimum Gasteiger partial charge on any atom is -0.385 e. The maximum absolute atomic E-state index is 13.6. The van der Waals surface area contributed by atoms with E-state index in [9.17, 15) is 13.6 Å². The van der Waals surface area contributed by atoms with Crippen LogP contribution in [-0.2, 0) is 0 Å². The zero-order valence-electron chi connectivity index (χ0n) is 12.9. The summed E-state index contributed by atoms with van der Waals surface area (Å²) in [5.41, 5.74) is 0.365. The standard InChI is InChI=1S/C17H19F2N3O/c1-2-3-4-9-20-12-8-10-21-15(11-12)17(23)22-16-13(18)6-5-7-14(16)19/h5-8,10-11H,2-4,9H2,1H3,(H,20,21)(H,22,23). The van der Waals surface area contributed by atoms with Crippen LogP contribution in [0.4, 0.5) is 20.2 Å². The van der Waals surface area contributed by atoms with Crippen molar-refractivity contribution in [3.63, 3.8) is 0 Å². The maximum atomic E-state index is 13.6. The van der Waals surface area contributed by atoms with Crippen LogP contribution in [0.25, 0.3) is 0 Å². The first-order chi connectivity index (χ1) is 11.1. The molecule has 0 aliphatic rings. The molecule has 2 rings (SSSR count). The van der Waals surface area contributed by atoms with Gasteiger partial charge in [0.05, 0.1) is 0 Å². The summed E-state index contributed by atoms with van der Waals surface area (Å²) < 4.78 is 27.1. The SMILES string of the molecule is CCCCCNc1ccnc(C(=O)Nc2c(F)cccc2F)c1. The Bertz CT molecular complexity index is 656. The maximum Gasteiger partial charge on any atom is 0.274 e. The van der Waals surface area contributed by atoms with E-state index in [2.05, 4.69) is 22.5 Å². The minimum absolute atomic E-state index is 0.0909. The van der Waals surface area contributed by atoms with Crippen LogP contribution in [0.1, 0.15) is 36.7 Å². The van der Waals surface area contributed by atoms with Crippen molar-refractivity contribution >= 4 is 17.3 Å². The Hall–Kier alpha value is -2.50. The van der Waals surface area contributed by atoms with Gasteiger partial charge in [0.25, 0.3) is 5.91 Å². The molecule has 0 atom stereocenters. The molecule has 6 heteroatoms. The number of aromatic nitrogens is 1. The number of carbonyl (C=O) groups excluding carboxylic acids is 1. The van der Waals surface area contributed by atoms with Crippen molar-refractivity contribution in [2.75, 3.05) is 17.2 Å². The Morgan fingerprint density at radius 3 is 2.61 bits per heavy atom. The fourth-order valence-electron chi connectivity index (χ4n) is 2.07. The second-order valence-corrected chi connectivity index (χ2v) is 5.11. The molecule has 1 aromatic carbocycles. The molecule has 0 bridgehead atoms. The summed E-state index contributed by atoms with van der Waals surface area (Å²) >= 11 is 0. The normalized spacial score (nSPS) is 10.4. The molecule has 1 heterocycles. The fraction of sp³-hybridized carbons (Fsp3) is 0.294. The number of pyridine rings is 1. The number of anilines is 2. The molecule has 23 heavy (non-hydrogen) atoms. The molecule has 1 aromatic heterocycles. The molecular formula is C17H19F2N3O. The summed E-state index contributed by atoms with van der Waals surface area (Å²) in [5.74, 6) is -2.31. The molecule has 0 saturated heterocycles. The van der Waals surface area contributed by atoms with Gasteiger partial charge in [0.2, 0.25) is 0 Å². The number of nitrogens with one attached hydrogen (secondary N) is 2. The largest absolute Gasteiger partial charge is 0.385 e. The number of hydrogen-bond acceptors (Lipinski definition) is 3. The summed E-state index contributed by atoms with van der Waals surface area (Å²) in [6, 6.07) is 6.70. The van der Waals surface area contributed by atoms with E-state index in [4.69, 9.17) is 0 Å². The highest BCUT2D eigenvalue weighted by molar-refractivity contribution is 6.03. The molecule has 0 aliphatic heterocycles. The Labute approximate surface area is 133 Å². The number of carbonyl (C=O) groups is 1. The number of nitrogens with zero attached hydrogens (tertiary/aromatic N) is 1. The topological polar surface area (TPSA) is 54.0 Å². The summed E-state index contributed by atoms with van der Waals surface area (Å²) in [5, 5.41) is 5.41. The second kappa shape index (κ2) is 8.22. The Kier molecular flexibility index (Phi) is 6.02. The van der Waals surface area contributed by atoms with Crippen LogP contribution in [0.2, 0.25) is 0 Å². The number of halogens is 2. The molecule has 0 radical (unpaired) electrons. The minimum atomic E-state index is -0.827. The van der Waals surface area contributed by atoms with Gasteiger partial charge in [-0.25, -0.2) is 8.78 Å². The van der Waals surface area contributed by atoms with Crippen molar-refractivity contribution in [1.82, 2.24) is 4.98 Å². The van der Waals surface area contributed by atoms with Crippen molar-refractivity contribution in [2.24, 2.45) is 0 Å². The lowest BCUT2D eigenvalue weighted by atomic mass is 10.2. The van der Waals surface area contributed by atoms with Gasteiger partial charge in [0.1, 0.15) is 23.0 Å². The molecule has 2 aromatic rings. The van der Waals surface area contributed by atoms with E-state index in [1.807, 2.05) is 0 Å². The monoisotopic (exact) mass is 319 g/mol. The highest BCUT2D eigenvalue weighted by atomic mass is 19.1. The van der Waals surface area contributed by atoms with Crippen LogP contribution in [-0.4, -0.2) is 17.4 Å². The van der Waals surface area contributed by atoms with Crippen LogP contribution >= 0.6 is 0 Å². The van der Waals surface area contributed by atoms with Gasteiger partial charge in [0.15, 0.2) is 0 Å². The highest BCUT2D eigenvalue weighted by Gasteiger charge is 2.14. The van der Waals surface area contributed by atoms with Crippen molar-refractivity contribution in [3.05, 3.63) is 53.9 Å². The van der Waals surface area contributed by atoms with Crippen LogP contribution in [0, 0.1) is 11.6 Å². The summed E-state index contributed by atoms with van der Waals surface area (Å²) in [7, 11) is 0. The summed E-state index contributed by atoms with van der Waals surface area (Å²) in [6.45, 7) is 2.91. The van der Waals surface area contributed by atoms with Gasteiger partial charge in [-0.3, -0.25) is 9.78 Å². The second-order valence-electron chi connectivity index (χ2n) is 5.11. The molecule has 4 nitrogen and oxygen atoms in total. The van der Waals surface area contributed by atoms with Crippen LogP contribution in [0.3, 0.4) is 0 Å². The molecule has 2 N–H and O–H groups in total. The molecule has 0 aliphatic carbocycles. The third kappa shape index (κ3) is 4.74. The zero-order chi connectivity index (χ0) is 16.7. The number of benzene rings is 1. The van der Waals surface area contributed by atoms with Crippen LogP contribution in [0.15, 0.2) is 36.5 Å². The zero-order valence-corrected chi connectivity index (χ0v) is 12.9. The Morgan fingerprint density at radius 1 is 1.17 bits per heavy atom. The number of hydrogen-bond donors (Lipinski definition) is 2.